The molecule has 0 atom stereocenters. The van der Waals surface area contributed by atoms with Gasteiger partial charge in [0, 0.05) is 51.0 Å². The van der Waals surface area contributed by atoms with Crippen molar-refractivity contribution in [3.8, 4) is 0 Å². The zero-order valence-electron chi connectivity index (χ0n) is 17.2. The Morgan fingerprint density at radius 2 is 1.53 bits per heavy atom. The second-order valence-electron chi connectivity index (χ2n) is 8.60. The molecule has 1 aromatic carbocycles. The van der Waals surface area contributed by atoms with E-state index < -0.39 is 10.2 Å². The number of anilines is 1. The molecule has 0 radical (unpaired) electrons. The molecule has 1 saturated carbocycles. The van der Waals surface area contributed by atoms with Crippen LogP contribution < -0.4 is 10.5 Å². The molecule has 2 aromatic rings. The van der Waals surface area contributed by atoms with Crippen LogP contribution in [0.5, 0.6) is 0 Å². The summed E-state index contributed by atoms with van der Waals surface area (Å²) in [6.45, 7) is 3.51. The van der Waals surface area contributed by atoms with Crippen LogP contribution in [0.3, 0.4) is 0 Å². The van der Waals surface area contributed by atoms with Gasteiger partial charge < -0.3 is 4.90 Å². The summed E-state index contributed by atoms with van der Waals surface area (Å²) in [7, 11) is -3.34. The average molecular weight is 432 g/mol. The minimum atomic E-state index is -3.34. The zero-order chi connectivity index (χ0) is 20.7. The summed E-state index contributed by atoms with van der Waals surface area (Å²) in [5, 5.41) is 0.656. The lowest BCUT2D eigenvalue weighted by Crippen LogP contribution is -2.52. The lowest BCUT2D eigenvalue weighted by Gasteiger charge is -2.37. The Morgan fingerprint density at radius 1 is 0.867 bits per heavy atom. The van der Waals surface area contributed by atoms with Crippen LogP contribution in [0.4, 0.5) is 5.69 Å². The molecule has 162 valence electrons. The number of nitrogens with zero attached hydrogens (tertiary/aromatic N) is 5. The topological polar surface area (TPSA) is 78.8 Å². The number of hydrogen-bond donors (Lipinski definition) is 0. The molecule has 8 nitrogen and oxygen atoms in total. The highest BCUT2D eigenvalue weighted by Gasteiger charge is 2.33. The van der Waals surface area contributed by atoms with Crippen molar-refractivity contribution in [3.63, 3.8) is 0 Å². The van der Waals surface area contributed by atoms with E-state index >= 15 is 0 Å². The molecule has 5 rings (SSSR count). The van der Waals surface area contributed by atoms with Crippen molar-refractivity contribution in [2.45, 2.75) is 44.6 Å². The highest BCUT2D eigenvalue weighted by Crippen LogP contribution is 2.29. The second-order valence-corrected chi connectivity index (χ2v) is 10.5. The molecule has 1 aromatic heterocycles. The number of rotatable bonds is 4. The Balaban J connectivity index is 1.32. The zero-order valence-corrected chi connectivity index (χ0v) is 18.1. The van der Waals surface area contributed by atoms with Crippen molar-refractivity contribution in [2.75, 3.05) is 44.2 Å². The smallest absolute Gasteiger partial charge is 0.282 e. The van der Waals surface area contributed by atoms with Gasteiger partial charge in [0.1, 0.15) is 0 Å². The number of aromatic nitrogens is 2. The van der Waals surface area contributed by atoms with Crippen molar-refractivity contribution in [3.05, 3.63) is 34.9 Å². The molecule has 0 spiro atoms. The van der Waals surface area contributed by atoms with Gasteiger partial charge in [-0.2, -0.15) is 17.0 Å². The minimum Gasteiger partial charge on any atom is -0.369 e. The summed E-state index contributed by atoms with van der Waals surface area (Å²) in [5.74, 6) is 0. The van der Waals surface area contributed by atoms with Crippen LogP contribution in [0.1, 0.15) is 44.6 Å². The van der Waals surface area contributed by atoms with E-state index in [0.29, 0.717) is 50.2 Å². The Labute approximate surface area is 177 Å². The molecule has 3 fully saturated rings. The predicted octanol–water partition coefficient (Wildman–Crippen LogP) is 1.97. The lowest BCUT2D eigenvalue weighted by atomic mass is 10.2. The molecule has 3 aliphatic rings. The third kappa shape index (κ3) is 3.52. The molecule has 2 aliphatic heterocycles. The van der Waals surface area contributed by atoms with Gasteiger partial charge in [-0.25, -0.2) is 4.98 Å². The molecule has 0 amide bonds. The third-order valence-electron chi connectivity index (χ3n) is 6.81. The molecular formula is C21H29N5O3S. The first-order valence-electron chi connectivity index (χ1n) is 11.0. The Kier molecular flexibility index (Phi) is 5.28. The maximum Gasteiger partial charge on any atom is 0.282 e. The summed E-state index contributed by atoms with van der Waals surface area (Å²) >= 11 is 0. The summed E-state index contributed by atoms with van der Waals surface area (Å²) in [4.78, 5) is 19.7. The van der Waals surface area contributed by atoms with Crippen molar-refractivity contribution < 1.29 is 8.42 Å². The number of hydrogen-bond acceptors (Lipinski definition) is 5. The van der Waals surface area contributed by atoms with Crippen molar-refractivity contribution in [2.24, 2.45) is 0 Å². The van der Waals surface area contributed by atoms with Crippen LogP contribution in [-0.2, 0) is 10.2 Å². The van der Waals surface area contributed by atoms with Gasteiger partial charge in [-0.05, 0) is 43.9 Å². The normalized spacial score (nSPS) is 22.3. The number of fused-ring (bicyclic) bond motifs is 1. The molecule has 3 heterocycles. The highest BCUT2D eigenvalue weighted by atomic mass is 32.2. The maximum atomic E-state index is 12.9. The van der Waals surface area contributed by atoms with Gasteiger partial charge >= 0.3 is 0 Å². The van der Waals surface area contributed by atoms with Crippen LogP contribution in [0, 0.1) is 0 Å². The molecular weight excluding hydrogens is 402 g/mol. The van der Waals surface area contributed by atoms with Crippen LogP contribution in [-0.4, -0.2) is 65.8 Å². The summed E-state index contributed by atoms with van der Waals surface area (Å²) < 4.78 is 30.6. The molecule has 0 N–H and O–H groups in total. The van der Waals surface area contributed by atoms with E-state index in [2.05, 4.69) is 9.88 Å². The predicted molar refractivity (Wildman–Crippen MR) is 117 cm³/mol. The van der Waals surface area contributed by atoms with Crippen LogP contribution >= 0.6 is 0 Å². The van der Waals surface area contributed by atoms with E-state index in [1.807, 2.05) is 18.2 Å². The van der Waals surface area contributed by atoms with Crippen LogP contribution in [0.15, 0.2) is 29.3 Å². The fourth-order valence-corrected chi connectivity index (χ4v) is 6.69. The molecule has 0 unspecified atom stereocenters. The van der Waals surface area contributed by atoms with Crippen molar-refractivity contribution in [1.29, 1.82) is 0 Å². The van der Waals surface area contributed by atoms with E-state index in [9.17, 15) is 13.2 Å². The standard InChI is InChI=1S/C21H29N5O3S/c27-21-19-8-7-18(15-20(19)22-16-26(21)17-5-1-2-6-17)23-11-13-25(14-12-23)30(28,29)24-9-3-4-10-24/h7-8,15-17H,1-6,9-14H2. The van der Waals surface area contributed by atoms with Crippen molar-refractivity contribution in [1.82, 2.24) is 18.2 Å². The molecule has 0 bridgehead atoms. The third-order valence-corrected chi connectivity index (χ3v) is 8.84. The Bertz CT molecular complexity index is 1080. The Hall–Kier alpha value is -1.97. The molecule has 30 heavy (non-hydrogen) atoms. The summed E-state index contributed by atoms with van der Waals surface area (Å²) in [6, 6.07) is 6.08. The summed E-state index contributed by atoms with van der Waals surface area (Å²) in [6.07, 6.45) is 8.05. The largest absolute Gasteiger partial charge is 0.369 e. The van der Waals surface area contributed by atoms with Crippen LogP contribution in [0.25, 0.3) is 10.9 Å². The fourth-order valence-electron chi connectivity index (χ4n) is 5.02. The van der Waals surface area contributed by atoms with Gasteiger partial charge in [0.05, 0.1) is 17.2 Å². The summed E-state index contributed by atoms with van der Waals surface area (Å²) in [5.41, 5.74) is 1.74. The van der Waals surface area contributed by atoms with E-state index in [4.69, 9.17) is 0 Å². The van der Waals surface area contributed by atoms with Gasteiger partial charge in [-0.15, -0.1) is 0 Å². The minimum absolute atomic E-state index is 0.0416. The number of benzene rings is 1. The first kappa shape index (κ1) is 20.0. The van der Waals surface area contributed by atoms with E-state index in [0.717, 1.165) is 31.4 Å². The van der Waals surface area contributed by atoms with Gasteiger partial charge in [-0.3, -0.25) is 9.36 Å². The molecule has 2 saturated heterocycles. The quantitative estimate of drug-likeness (QED) is 0.740. The lowest BCUT2D eigenvalue weighted by molar-refractivity contribution is 0.343. The highest BCUT2D eigenvalue weighted by molar-refractivity contribution is 7.86. The molecule has 1 aliphatic carbocycles. The van der Waals surface area contributed by atoms with Gasteiger partial charge in [-0.1, -0.05) is 12.8 Å². The van der Waals surface area contributed by atoms with E-state index in [1.165, 1.54) is 12.8 Å². The SMILES string of the molecule is O=c1c2ccc(N3CCN(S(=O)(=O)N4CCCC4)CC3)cc2ncn1C1CCCC1. The fraction of sp³-hybridized carbons (Fsp3) is 0.619. The Morgan fingerprint density at radius 3 is 2.23 bits per heavy atom. The average Bonchev–Trinajstić information content (AvgIpc) is 3.48. The van der Waals surface area contributed by atoms with Gasteiger partial charge in [0.2, 0.25) is 0 Å². The molecule has 9 heteroatoms. The second kappa shape index (κ2) is 7.94. The van der Waals surface area contributed by atoms with Crippen LogP contribution in [0.2, 0.25) is 0 Å². The van der Waals surface area contributed by atoms with E-state index in [-0.39, 0.29) is 11.6 Å². The van der Waals surface area contributed by atoms with E-state index in [1.54, 1.807) is 19.5 Å². The van der Waals surface area contributed by atoms with Gasteiger partial charge in [0.15, 0.2) is 0 Å². The van der Waals surface area contributed by atoms with Crippen molar-refractivity contribution >= 4 is 26.8 Å². The number of piperazine rings is 1. The van der Waals surface area contributed by atoms with Gasteiger partial charge in [0.25, 0.3) is 15.8 Å². The maximum absolute atomic E-state index is 12.9. The monoisotopic (exact) mass is 431 g/mol. The first-order valence-corrected chi connectivity index (χ1v) is 12.4. The first-order chi connectivity index (χ1) is 14.5.